The van der Waals surface area contributed by atoms with E-state index < -0.39 is 0 Å². The molecule has 0 amide bonds. The lowest BCUT2D eigenvalue weighted by Gasteiger charge is -2.25. The molecule has 2 aromatic rings. The molecule has 0 bridgehead atoms. The average molecular weight is 439 g/mol. The number of pyridine rings is 1. The predicted octanol–water partition coefficient (Wildman–Crippen LogP) is 4.24. The van der Waals surface area contributed by atoms with Crippen molar-refractivity contribution in [1.82, 2.24) is 15.2 Å². The molecule has 2 saturated heterocycles. The fourth-order valence-corrected chi connectivity index (χ4v) is 4.24. The van der Waals surface area contributed by atoms with Gasteiger partial charge in [-0.3, -0.25) is 0 Å². The number of nitrogens with one attached hydrogen (secondary N) is 1. The number of nitrogens with zero attached hydrogens (tertiary/aromatic N) is 3. The van der Waals surface area contributed by atoms with E-state index >= 15 is 0 Å². The quantitative estimate of drug-likeness (QED) is 0.491. The van der Waals surface area contributed by atoms with Gasteiger partial charge in [-0.05, 0) is 56.5 Å². The number of hydrogen-bond acceptors (Lipinski definition) is 5. The van der Waals surface area contributed by atoms with Crippen molar-refractivity contribution >= 4 is 5.96 Å². The highest BCUT2D eigenvalue weighted by atomic mass is 16.5. The second-order valence-corrected chi connectivity index (χ2v) is 8.53. The van der Waals surface area contributed by atoms with Gasteiger partial charge in [0.2, 0.25) is 5.88 Å². The molecule has 0 aliphatic carbocycles. The molecule has 1 aromatic heterocycles. The smallest absolute Gasteiger partial charge is 0.224 e. The Kier molecular flexibility index (Phi) is 7.47. The number of guanidine groups is 1. The molecule has 1 aromatic carbocycles. The molecule has 1 spiro atoms. The maximum Gasteiger partial charge on any atom is 0.224 e. The Bertz CT molecular complexity index is 894. The molecule has 1 atom stereocenters. The molecule has 32 heavy (non-hydrogen) atoms. The lowest BCUT2D eigenvalue weighted by molar-refractivity contribution is 0.156. The van der Waals surface area contributed by atoms with Gasteiger partial charge >= 0.3 is 0 Å². The highest BCUT2D eigenvalue weighted by Gasteiger charge is 2.42. The van der Waals surface area contributed by atoms with Crippen molar-refractivity contribution < 1.29 is 14.2 Å². The first-order chi connectivity index (χ1) is 15.7. The summed E-state index contributed by atoms with van der Waals surface area (Å²) in [5.74, 6) is 3.10. The van der Waals surface area contributed by atoms with Crippen LogP contribution in [0.25, 0.3) is 0 Å². The number of rotatable bonds is 8. The Hall–Kier alpha value is -2.80. The number of ether oxygens (including phenoxy) is 3. The Morgan fingerprint density at radius 2 is 2.03 bits per heavy atom. The van der Waals surface area contributed by atoms with Gasteiger partial charge < -0.3 is 24.4 Å². The van der Waals surface area contributed by atoms with Gasteiger partial charge in [0.1, 0.15) is 11.5 Å². The van der Waals surface area contributed by atoms with Crippen LogP contribution in [0.2, 0.25) is 0 Å². The number of benzene rings is 1. The van der Waals surface area contributed by atoms with Gasteiger partial charge in [0.05, 0.1) is 19.8 Å². The van der Waals surface area contributed by atoms with E-state index in [0.29, 0.717) is 24.4 Å². The molecule has 172 valence electrons. The van der Waals surface area contributed by atoms with Crippen LogP contribution in [0.15, 0.2) is 47.6 Å². The molecular formula is C25H34N4O3. The maximum atomic E-state index is 6.08. The van der Waals surface area contributed by atoms with E-state index in [9.17, 15) is 0 Å². The first-order valence-electron chi connectivity index (χ1n) is 11.7. The van der Waals surface area contributed by atoms with Gasteiger partial charge in [-0.15, -0.1) is 0 Å². The van der Waals surface area contributed by atoms with Gasteiger partial charge in [0.15, 0.2) is 5.96 Å². The fraction of sp³-hybridized carbons (Fsp3) is 0.520. The summed E-state index contributed by atoms with van der Waals surface area (Å²) in [6.07, 6.45) is 5.04. The molecule has 7 nitrogen and oxygen atoms in total. The normalized spacial score (nSPS) is 20.7. The topological polar surface area (TPSA) is 68.2 Å². The summed E-state index contributed by atoms with van der Waals surface area (Å²) in [5, 5.41) is 3.45. The number of likely N-dealkylation sites (tertiary alicyclic amines) is 1. The predicted molar refractivity (Wildman–Crippen MR) is 125 cm³/mol. The largest absolute Gasteiger partial charge is 0.494 e. The first-order valence-corrected chi connectivity index (χ1v) is 11.7. The van der Waals surface area contributed by atoms with Gasteiger partial charge in [0.25, 0.3) is 0 Å². The van der Waals surface area contributed by atoms with Gasteiger partial charge in [0, 0.05) is 43.4 Å². The van der Waals surface area contributed by atoms with E-state index in [2.05, 4.69) is 29.0 Å². The molecule has 2 fully saturated rings. The Morgan fingerprint density at radius 1 is 1.19 bits per heavy atom. The molecule has 2 aliphatic heterocycles. The van der Waals surface area contributed by atoms with Crippen LogP contribution in [0.5, 0.6) is 17.4 Å². The number of aliphatic imine (C=N–C) groups is 1. The van der Waals surface area contributed by atoms with Crippen molar-refractivity contribution in [2.75, 3.05) is 39.5 Å². The van der Waals surface area contributed by atoms with Crippen LogP contribution in [-0.4, -0.2) is 55.3 Å². The molecule has 1 unspecified atom stereocenters. The molecule has 0 radical (unpaired) electrons. The zero-order valence-corrected chi connectivity index (χ0v) is 19.2. The van der Waals surface area contributed by atoms with Gasteiger partial charge in [-0.25, -0.2) is 9.98 Å². The lowest BCUT2D eigenvalue weighted by Crippen LogP contribution is -2.41. The minimum absolute atomic E-state index is 0.297. The zero-order valence-electron chi connectivity index (χ0n) is 19.2. The monoisotopic (exact) mass is 438 g/mol. The minimum Gasteiger partial charge on any atom is -0.494 e. The molecule has 4 rings (SSSR count). The van der Waals surface area contributed by atoms with E-state index in [-0.39, 0.29) is 0 Å². The van der Waals surface area contributed by atoms with Gasteiger partial charge in [-0.1, -0.05) is 13.0 Å². The second kappa shape index (κ2) is 10.7. The Labute approximate surface area is 190 Å². The summed E-state index contributed by atoms with van der Waals surface area (Å²) < 4.78 is 17.4. The summed E-state index contributed by atoms with van der Waals surface area (Å²) in [6, 6.07) is 11.6. The molecule has 0 saturated carbocycles. The van der Waals surface area contributed by atoms with Crippen LogP contribution in [0, 0.1) is 5.41 Å². The third kappa shape index (κ3) is 5.51. The van der Waals surface area contributed by atoms with E-state index in [1.54, 1.807) is 6.20 Å². The summed E-state index contributed by atoms with van der Waals surface area (Å²) in [5.41, 5.74) is 1.25. The first kappa shape index (κ1) is 22.4. The minimum atomic E-state index is 0.297. The Morgan fingerprint density at radius 3 is 2.78 bits per heavy atom. The van der Waals surface area contributed by atoms with Crippen LogP contribution in [0.4, 0.5) is 0 Å². The van der Waals surface area contributed by atoms with Crippen molar-refractivity contribution in [1.29, 1.82) is 0 Å². The standard InChI is InChI=1S/C25H34N4O3/c1-3-15-31-21-7-9-22(10-8-21)32-23-20(6-5-13-27-23)17-28-24(26-4-2)29-14-11-25(18-29)12-16-30-19-25/h5-10,13H,3-4,11-12,14-19H2,1-2H3,(H,26,28). The Balaban J connectivity index is 1.43. The van der Waals surface area contributed by atoms with Gasteiger partial charge in [-0.2, -0.15) is 0 Å². The lowest BCUT2D eigenvalue weighted by atomic mass is 9.87. The highest BCUT2D eigenvalue weighted by molar-refractivity contribution is 5.80. The molecular weight excluding hydrogens is 404 g/mol. The van der Waals surface area contributed by atoms with Crippen molar-refractivity contribution in [2.24, 2.45) is 10.4 Å². The highest BCUT2D eigenvalue weighted by Crippen LogP contribution is 2.38. The third-order valence-corrected chi connectivity index (χ3v) is 6.02. The zero-order chi connectivity index (χ0) is 22.2. The van der Waals surface area contributed by atoms with Crippen LogP contribution < -0.4 is 14.8 Å². The third-order valence-electron chi connectivity index (χ3n) is 6.02. The average Bonchev–Trinajstić information content (AvgIpc) is 3.46. The molecule has 7 heteroatoms. The van der Waals surface area contributed by atoms with E-state index in [1.165, 1.54) is 0 Å². The summed E-state index contributed by atoms with van der Waals surface area (Å²) >= 11 is 0. The van der Waals surface area contributed by atoms with E-state index in [1.807, 2.05) is 36.4 Å². The van der Waals surface area contributed by atoms with Crippen molar-refractivity contribution in [3.63, 3.8) is 0 Å². The molecule has 1 N–H and O–H groups in total. The van der Waals surface area contributed by atoms with Crippen LogP contribution in [-0.2, 0) is 11.3 Å². The fourth-order valence-electron chi connectivity index (χ4n) is 4.24. The molecule has 3 heterocycles. The van der Waals surface area contributed by atoms with Crippen molar-refractivity contribution in [3.8, 4) is 17.4 Å². The van der Waals surface area contributed by atoms with E-state index in [4.69, 9.17) is 19.2 Å². The van der Waals surface area contributed by atoms with Crippen molar-refractivity contribution in [2.45, 2.75) is 39.7 Å². The molecule has 2 aliphatic rings. The number of hydrogen-bond donors (Lipinski definition) is 1. The second-order valence-electron chi connectivity index (χ2n) is 8.53. The number of aromatic nitrogens is 1. The summed E-state index contributed by atoms with van der Waals surface area (Å²) in [6.45, 7) is 10.0. The van der Waals surface area contributed by atoms with Crippen LogP contribution in [0.3, 0.4) is 0 Å². The maximum absolute atomic E-state index is 6.08. The van der Waals surface area contributed by atoms with E-state index in [0.717, 1.165) is 75.1 Å². The summed E-state index contributed by atoms with van der Waals surface area (Å²) in [4.78, 5) is 11.7. The SMILES string of the molecule is CCCOc1ccc(Oc2ncccc2CN=C(NCC)N2CCC3(CCOC3)C2)cc1. The van der Waals surface area contributed by atoms with Crippen LogP contribution in [0.1, 0.15) is 38.7 Å². The van der Waals surface area contributed by atoms with Crippen molar-refractivity contribution in [3.05, 3.63) is 48.2 Å². The summed E-state index contributed by atoms with van der Waals surface area (Å²) in [7, 11) is 0. The van der Waals surface area contributed by atoms with Crippen LogP contribution >= 0.6 is 0 Å².